The third kappa shape index (κ3) is 18.5. The summed E-state index contributed by atoms with van der Waals surface area (Å²) in [5.74, 6) is 5.54. The molecule has 2 aromatic heterocycles. The smallest absolute Gasteiger partial charge is 0.159 e. The SMILES string of the molecule is CCCCCCc1ccc(-c2ncc(CCC3CCC(CCCC)CC3)cn2)cc1.CCCCCCc1ccc(-c2ncc(CCC3CCC(CCCCC)CC3)cn2)cc1. The van der Waals surface area contributed by atoms with Gasteiger partial charge in [-0.1, -0.05) is 211 Å². The first-order valence-electron chi connectivity index (χ1n) is 25.9. The van der Waals surface area contributed by atoms with Gasteiger partial charge in [-0.3, -0.25) is 0 Å². The second-order valence-corrected chi connectivity index (χ2v) is 19.3. The van der Waals surface area contributed by atoms with Gasteiger partial charge in [0, 0.05) is 35.9 Å². The third-order valence-electron chi connectivity index (χ3n) is 14.3. The Labute approximate surface area is 374 Å². The van der Waals surface area contributed by atoms with Crippen LogP contribution in [-0.4, -0.2) is 19.9 Å². The Morgan fingerprint density at radius 3 is 1.02 bits per heavy atom. The summed E-state index contributed by atoms with van der Waals surface area (Å²) >= 11 is 0. The lowest BCUT2D eigenvalue weighted by Crippen LogP contribution is -2.15. The van der Waals surface area contributed by atoms with Crippen LogP contribution in [0, 0.1) is 23.7 Å². The first-order chi connectivity index (χ1) is 30.1. The molecule has 0 spiro atoms. The molecule has 6 rings (SSSR count). The first-order valence-corrected chi connectivity index (χ1v) is 25.9. The van der Waals surface area contributed by atoms with Crippen molar-refractivity contribution in [3.05, 3.63) is 95.6 Å². The van der Waals surface area contributed by atoms with Crippen LogP contribution in [0.1, 0.15) is 210 Å². The fourth-order valence-corrected chi connectivity index (χ4v) is 9.95. The first kappa shape index (κ1) is 48.6. The van der Waals surface area contributed by atoms with Crippen molar-refractivity contribution in [1.29, 1.82) is 0 Å². The molecular formula is C57H86N4. The Morgan fingerprint density at radius 1 is 0.328 bits per heavy atom. The summed E-state index contributed by atoms with van der Waals surface area (Å²) in [5, 5.41) is 0. The molecule has 4 nitrogen and oxygen atoms in total. The van der Waals surface area contributed by atoms with Crippen LogP contribution in [0.2, 0.25) is 0 Å². The number of aryl methyl sites for hydroxylation is 4. The van der Waals surface area contributed by atoms with E-state index in [0.717, 1.165) is 59.3 Å². The molecule has 2 heterocycles. The Hall–Kier alpha value is -3.40. The lowest BCUT2D eigenvalue weighted by molar-refractivity contribution is 0.249. The summed E-state index contributed by atoms with van der Waals surface area (Å²) in [6.07, 6.45) is 47.4. The second kappa shape index (κ2) is 29.1. The number of nitrogens with zero attached hydrogens (tertiary/aromatic N) is 4. The monoisotopic (exact) mass is 827 g/mol. The third-order valence-corrected chi connectivity index (χ3v) is 14.3. The van der Waals surface area contributed by atoms with E-state index in [1.165, 1.54) is 196 Å². The maximum Gasteiger partial charge on any atom is 0.159 e. The zero-order valence-electron chi connectivity index (χ0n) is 39.5. The van der Waals surface area contributed by atoms with Crippen LogP contribution in [0.25, 0.3) is 22.8 Å². The number of benzene rings is 2. The van der Waals surface area contributed by atoms with Crippen LogP contribution in [-0.2, 0) is 25.7 Å². The molecule has 334 valence electrons. The van der Waals surface area contributed by atoms with Crippen molar-refractivity contribution in [2.24, 2.45) is 23.7 Å². The molecule has 0 saturated heterocycles. The van der Waals surface area contributed by atoms with E-state index in [9.17, 15) is 0 Å². The van der Waals surface area contributed by atoms with Crippen molar-refractivity contribution in [1.82, 2.24) is 19.9 Å². The molecule has 0 amide bonds. The van der Waals surface area contributed by atoms with Gasteiger partial charge in [0.05, 0.1) is 0 Å². The number of aromatic nitrogens is 4. The Kier molecular flexibility index (Phi) is 23.2. The van der Waals surface area contributed by atoms with Gasteiger partial charge < -0.3 is 0 Å². The highest BCUT2D eigenvalue weighted by molar-refractivity contribution is 5.56. The van der Waals surface area contributed by atoms with Gasteiger partial charge in [0.2, 0.25) is 0 Å². The van der Waals surface area contributed by atoms with Gasteiger partial charge in [0.25, 0.3) is 0 Å². The lowest BCUT2D eigenvalue weighted by atomic mass is 9.78. The predicted molar refractivity (Wildman–Crippen MR) is 262 cm³/mol. The Balaban J connectivity index is 0.000000231. The topological polar surface area (TPSA) is 51.6 Å². The zero-order chi connectivity index (χ0) is 42.7. The minimum absolute atomic E-state index is 0.854. The fraction of sp³-hybridized carbons (Fsp3) is 0.649. The molecule has 2 fully saturated rings. The van der Waals surface area contributed by atoms with Gasteiger partial charge in [-0.25, -0.2) is 19.9 Å². The summed E-state index contributed by atoms with van der Waals surface area (Å²) in [6.45, 7) is 9.14. The summed E-state index contributed by atoms with van der Waals surface area (Å²) < 4.78 is 0. The van der Waals surface area contributed by atoms with Crippen LogP contribution >= 0.6 is 0 Å². The fourth-order valence-electron chi connectivity index (χ4n) is 9.95. The molecule has 2 saturated carbocycles. The van der Waals surface area contributed by atoms with E-state index in [1.54, 1.807) is 0 Å². The van der Waals surface area contributed by atoms with E-state index >= 15 is 0 Å². The van der Waals surface area contributed by atoms with Gasteiger partial charge in [-0.15, -0.1) is 0 Å². The van der Waals surface area contributed by atoms with Gasteiger partial charge in [0.15, 0.2) is 11.6 Å². The molecule has 61 heavy (non-hydrogen) atoms. The molecule has 0 N–H and O–H groups in total. The van der Waals surface area contributed by atoms with Crippen molar-refractivity contribution in [2.75, 3.05) is 0 Å². The van der Waals surface area contributed by atoms with Crippen LogP contribution < -0.4 is 0 Å². The molecule has 0 unspecified atom stereocenters. The molecule has 0 atom stereocenters. The predicted octanol–water partition coefficient (Wildman–Crippen LogP) is 16.8. The van der Waals surface area contributed by atoms with Crippen molar-refractivity contribution in [2.45, 2.75) is 214 Å². The standard InChI is InChI=1S/C29H44N2.C28H42N2/c1-3-5-7-9-11-25-18-20-28(21-19-25)29-30-22-27(23-31-29)17-16-26-14-12-24(13-15-26)10-8-6-4-2;1-3-5-7-8-10-24-17-19-27(20-18-24)28-29-21-26(22-30-28)16-15-25-13-11-23(12-14-25)9-6-4-2/h18-24,26H,3-17H2,1-2H3;17-23,25H,3-16H2,1-2H3. The largest absolute Gasteiger partial charge is 0.236 e. The number of unbranched alkanes of at least 4 members (excludes halogenated alkanes) is 9. The summed E-state index contributed by atoms with van der Waals surface area (Å²) in [5.41, 5.74) is 7.70. The molecule has 0 bridgehead atoms. The minimum atomic E-state index is 0.854. The maximum absolute atomic E-state index is 4.67. The van der Waals surface area contributed by atoms with E-state index < -0.39 is 0 Å². The zero-order valence-corrected chi connectivity index (χ0v) is 39.5. The van der Waals surface area contributed by atoms with Crippen LogP contribution in [0.15, 0.2) is 73.3 Å². The molecule has 0 radical (unpaired) electrons. The highest BCUT2D eigenvalue weighted by Crippen LogP contribution is 2.35. The number of rotatable bonds is 25. The molecule has 4 aromatic rings. The molecule has 0 aliphatic heterocycles. The number of hydrogen-bond acceptors (Lipinski definition) is 4. The molecule has 2 aromatic carbocycles. The van der Waals surface area contributed by atoms with E-state index in [4.69, 9.17) is 0 Å². The second-order valence-electron chi connectivity index (χ2n) is 19.3. The summed E-state index contributed by atoms with van der Waals surface area (Å²) in [6, 6.07) is 17.7. The summed E-state index contributed by atoms with van der Waals surface area (Å²) in [4.78, 5) is 18.7. The van der Waals surface area contributed by atoms with E-state index in [0.29, 0.717) is 0 Å². The van der Waals surface area contributed by atoms with Crippen LogP contribution in [0.5, 0.6) is 0 Å². The highest BCUT2D eigenvalue weighted by atomic mass is 14.9. The quantitative estimate of drug-likeness (QED) is 0.0625. The molecule has 2 aliphatic carbocycles. The van der Waals surface area contributed by atoms with Crippen molar-refractivity contribution >= 4 is 0 Å². The summed E-state index contributed by atoms with van der Waals surface area (Å²) in [7, 11) is 0. The molecule has 2 aliphatic rings. The van der Waals surface area contributed by atoms with E-state index in [-0.39, 0.29) is 0 Å². The van der Waals surface area contributed by atoms with E-state index in [2.05, 4.69) is 109 Å². The van der Waals surface area contributed by atoms with Crippen LogP contribution in [0.4, 0.5) is 0 Å². The molecular weight excluding hydrogens is 741 g/mol. The van der Waals surface area contributed by atoms with Crippen LogP contribution in [0.3, 0.4) is 0 Å². The van der Waals surface area contributed by atoms with Crippen molar-refractivity contribution in [3.63, 3.8) is 0 Å². The van der Waals surface area contributed by atoms with Gasteiger partial charge in [0.1, 0.15) is 0 Å². The minimum Gasteiger partial charge on any atom is -0.236 e. The number of hydrogen-bond donors (Lipinski definition) is 0. The van der Waals surface area contributed by atoms with E-state index in [1.807, 2.05) is 12.4 Å². The van der Waals surface area contributed by atoms with Gasteiger partial charge in [-0.2, -0.15) is 0 Å². The Morgan fingerprint density at radius 2 is 0.656 bits per heavy atom. The average molecular weight is 827 g/mol. The van der Waals surface area contributed by atoms with Crippen molar-refractivity contribution < 1.29 is 0 Å². The highest BCUT2D eigenvalue weighted by Gasteiger charge is 2.22. The Bertz CT molecular complexity index is 1660. The van der Waals surface area contributed by atoms with Gasteiger partial charge in [-0.05, 0) is 97.3 Å². The maximum atomic E-state index is 4.67. The van der Waals surface area contributed by atoms with Gasteiger partial charge >= 0.3 is 0 Å². The average Bonchev–Trinajstić information content (AvgIpc) is 3.31. The molecule has 4 heteroatoms. The van der Waals surface area contributed by atoms with Crippen molar-refractivity contribution in [3.8, 4) is 22.8 Å². The lowest BCUT2D eigenvalue weighted by Gasteiger charge is -2.28. The normalized spacial score (nSPS) is 19.0.